The number of carbonyl (C=O) groups excluding carboxylic acids is 2. The van der Waals surface area contributed by atoms with E-state index in [1.807, 2.05) is 0 Å². The molecule has 6 nitrogen and oxygen atoms in total. The van der Waals surface area contributed by atoms with E-state index in [1.165, 1.54) is 4.90 Å². The molecule has 3 amide bonds. The summed E-state index contributed by atoms with van der Waals surface area (Å²) in [5, 5.41) is 2.96. The van der Waals surface area contributed by atoms with E-state index in [2.05, 4.69) is 17.1 Å². The zero-order valence-corrected chi connectivity index (χ0v) is 12.8. The van der Waals surface area contributed by atoms with Crippen LogP contribution in [0.2, 0.25) is 0 Å². The van der Waals surface area contributed by atoms with Gasteiger partial charge in [-0.2, -0.15) is 0 Å². The first kappa shape index (κ1) is 14.8. The largest absolute Gasteiger partial charge is 0.376 e. The number of nitrogens with one attached hydrogen (secondary N) is 1. The van der Waals surface area contributed by atoms with E-state index in [0.29, 0.717) is 13.3 Å². The van der Waals surface area contributed by atoms with Gasteiger partial charge in [-0.15, -0.1) is 0 Å². The van der Waals surface area contributed by atoms with Crippen LogP contribution in [0.4, 0.5) is 4.79 Å². The second kappa shape index (κ2) is 5.93. The molecule has 1 saturated carbocycles. The Bertz CT molecular complexity index is 420. The summed E-state index contributed by atoms with van der Waals surface area (Å²) in [5.41, 5.74) is -0.605. The highest BCUT2D eigenvalue weighted by Gasteiger charge is 2.51. The van der Waals surface area contributed by atoms with Gasteiger partial charge in [-0.25, -0.2) is 9.69 Å². The summed E-state index contributed by atoms with van der Waals surface area (Å²) in [6.45, 7) is 4.74. The van der Waals surface area contributed by atoms with Crippen LogP contribution < -0.4 is 5.32 Å². The molecule has 1 spiro atoms. The van der Waals surface area contributed by atoms with Gasteiger partial charge in [-0.05, 0) is 19.3 Å². The van der Waals surface area contributed by atoms with Crippen LogP contribution in [0.3, 0.4) is 0 Å². The van der Waals surface area contributed by atoms with Crippen LogP contribution in [0, 0.1) is 0 Å². The number of imide groups is 1. The summed E-state index contributed by atoms with van der Waals surface area (Å²) in [7, 11) is 0. The van der Waals surface area contributed by atoms with Crippen molar-refractivity contribution in [1.29, 1.82) is 0 Å². The van der Waals surface area contributed by atoms with E-state index in [9.17, 15) is 9.59 Å². The molecule has 21 heavy (non-hydrogen) atoms. The van der Waals surface area contributed by atoms with Crippen molar-refractivity contribution >= 4 is 11.9 Å². The van der Waals surface area contributed by atoms with E-state index in [1.54, 1.807) is 0 Å². The third kappa shape index (κ3) is 2.79. The Kier molecular flexibility index (Phi) is 4.17. The third-order valence-electron chi connectivity index (χ3n) is 4.97. The molecule has 118 valence electrons. The number of rotatable bonds is 3. The lowest BCUT2D eigenvalue weighted by Crippen LogP contribution is -2.51. The Hall–Kier alpha value is -1.14. The minimum absolute atomic E-state index is 0.0215. The molecule has 0 bridgehead atoms. The number of nitrogens with zero attached hydrogens (tertiary/aromatic N) is 2. The fourth-order valence-corrected chi connectivity index (χ4v) is 3.65. The summed E-state index contributed by atoms with van der Waals surface area (Å²) in [6.07, 6.45) is 5.95. The van der Waals surface area contributed by atoms with Crippen molar-refractivity contribution in [3.63, 3.8) is 0 Å². The highest BCUT2D eigenvalue weighted by Crippen LogP contribution is 2.33. The molecular formula is C15H25N3O3. The molecule has 0 aromatic heterocycles. The number of ether oxygens (including phenoxy) is 1. The number of amides is 3. The first-order valence-corrected chi connectivity index (χ1v) is 8.13. The van der Waals surface area contributed by atoms with Crippen LogP contribution in [0.15, 0.2) is 0 Å². The maximum atomic E-state index is 12.7. The molecular weight excluding hydrogens is 270 g/mol. The summed E-state index contributed by atoms with van der Waals surface area (Å²) in [5.74, 6) is -0.0215. The van der Waals surface area contributed by atoms with E-state index >= 15 is 0 Å². The molecule has 0 radical (unpaired) electrons. The Labute approximate surface area is 125 Å². The van der Waals surface area contributed by atoms with E-state index in [0.717, 1.165) is 51.6 Å². The van der Waals surface area contributed by atoms with Gasteiger partial charge in [0.25, 0.3) is 5.91 Å². The van der Waals surface area contributed by atoms with Crippen LogP contribution >= 0.6 is 0 Å². The van der Waals surface area contributed by atoms with Crippen LogP contribution in [0.25, 0.3) is 0 Å². The fourth-order valence-electron chi connectivity index (χ4n) is 3.65. The Morgan fingerprint density at radius 1 is 1.29 bits per heavy atom. The van der Waals surface area contributed by atoms with Crippen molar-refractivity contribution in [3.8, 4) is 0 Å². The summed E-state index contributed by atoms with van der Waals surface area (Å²) in [4.78, 5) is 28.5. The molecule has 1 atom stereocenters. The van der Waals surface area contributed by atoms with Crippen molar-refractivity contribution < 1.29 is 14.3 Å². The standard InChI is InChI=1S/C15H25N3O3/c1-2-12-10-17(8-9-21-12)11-18-13(19)15(16-14(18)20)6-4-3-5-7-15/h12H,2-11H2,1H3,(H,16,20). The zero-order valence-electron chi connectivity index (χ0n) is 12.8. The Morgan fingerprint density at radius 3 is 2.76 bits per heavy atom. The van der Waals surface area contributed by atoms with Gasteiger partial charge in [0.05, 0.1) is 19.4 Å². The normalized spacial score (nSPS) is 30.0. The van der Waals surface area contributed by atoms with Crippen molar-refractivity contribution in [2.75, 3.05) is 26.4 Å². The van der Waals surface area contributed by atoms with Crippen molar-refractivity contribution in [2.24, 2.45) is 0 Å². The molecule has 0 aromatic rings. The summed E-state index contributed by atoms with van der Waals surface area (Å²) < 4.78 is 5.64. The first-order valence-electron chi connectivity index (χ1n) is 8.13. The number of carbonyl (C=O) groups is 2. The molecule has 1 unspecified atom stereocenters. The Morgan fingerprint density at radius 2 is 2.05 bits per heavy atom. The van der Waals surface area contributed by atoms with E-state index < -0.39 is 5.54 Å². The van der Waals surface area contributed by atoms with Crippen molar-refractivity contribution in [1.82, 2.24) is 15.1 Å². The summed E-state index contributed by atoms with van der Waals surface area (Å²) >= 11 is 0. The van der Waals surface area contributed by atoms with Crippen LogP contribution in [-0.2, 0) is 9.53 Å². The molecule has 3 fully saturated rings. The molecule has 2 saturated heterocycles. The average molecular weight is 295 g/mol. The molecule has 3 rings (SSSR count). The Balaban J connectivity index is 1.65. The van der Waals surface area contributed by atoms with Crippen LogP contribution in [0.1, 0.15) is 45.4 Å². The van der Waals surface area contributed by atoms with Gasteiger partial charge in [0.1, 0.15) is 5.54 Å². The van der Waals surface area contributed by atoms with Crippen LogP contribution in [0.5, 0.6) is 0 Å². The van der Waals surface area contributed by atoms with Gasteiger partial charge in [0.15, 0.2) is 0 Å². The van der Waals surface area contributed by atoms with Gasteiger partial charge in [-0.1, -0.05) is 26.2 Å². The molecule has 1 aliphatic carbocycles. The third-order valence-corrected chi connectivity index (χ3v) is 4.97. The maximum Gasteiger partial charge on any atom is 0.326 e. The second-order valence-electron chi connectivity index (χ2n) is 6.43. The fraction of sp³-hybridized carbons (Fsp3) is 0.867. The highest BCUT2D eigenvalue weighted by molar-refractivity contribution is 6.07. The zero-order chi connectivity index (χ0) is 14.9. The number of morpholine rings is 1. The molecule has 6 heteroatoms. The molecule has 0 aromatic carbocycles. The lowest BCUT2D eigenvalue weighted by Gasteiger charge is -2.35. The number of hydrogen-bond acceptors (Lipinski definition) is 4. The molecule has 3 aliphatic rings. The predicted molar refractivity (Wildman–Crippen MR) is 77.7 cm³/mol. The van der Waals surface area contributed by atoms with Gasteiger partial charge >= 0.3 is 6.03 Å². The van der Waals surface area contributed by atoms with Gasteiger partial charge in [0, 0.05) is 13.1 Å². The average Bonchev–Trinajstić information content (AvgIpc) is 2.73. The summed E-state index contributed by atoms with van der Waals surface area (Å²) in [6, 6.07) is -0.221. The molecule has 2 aliphatic heterocycles. The topological polar surface area (TPSA) is 61.9 Å². The SMILES string of the molecule is CCC1CN(CN2C(=O)NC3(CCCCC3)C2=O)CCO1. The minimum Gasteiger partial charge on any atom is -0.376 e. The second-order valence-corrected chi connectivity index (χ2v) is 6.43. The molecule has 2 heterocycles. The minimum atomic E-state index is -0.605. The smallest absolute Gasteiger partial charge is 0.326 e. The highest BCUT2D eigenvalue weighted by atomic mass is 16.5. The number of hydrogen-bond donors (Lipinski definition) is 1. The lowest BCUT2D eigenvalue weighted by molar-refractivity contribution is -0.135. The van der Waals surface area contributed by atoms with E-state index in [4.69, 9.17) is 4.74 Å². The molecule has 1 N–H and O–H groups in total. The predicted octanol–water partition coefficient (Wildman–Crippen LogP) is 1.31. The van der Waals surface area contributed by atoms with Crippen molar-refractivity contribution in [2.45, 2.75) is 57.1 Å². The van der Waals surface area contributed by atoms with Gasteiger partial charge in [0.2, 0.25) is 0 Å². The quantitative estimate of drug-likeness (QED) is 0.798. The van der Waals surface area contributed by atoms with Gasteiger partial charge < -0.3 is 10.1 Å². The van der Waals surface area contributed by atoms with Crippen molar-refractivity contribution in [3.05, 3.63) is 0 Å². The first-order chi connectivity index (χ1) is 10.1. The van der Waals surface area contributed by atoms with Gasteiger partial charge in [-0.3, -0.25) is 9.69 Å². The van der Waals surface area contributed by atoms with Crippen LogP contribution in [-0.4, -0.2) is 59.7 Å². The monoisotopic (exact) mass is 295 g/mol. The van der Waals surface area contributed by atoms with E-state index in [-0.39, 0.29) is 18.0 Å². The maximum absolute atomic E-state index is 12.7. The lowest BCUT2D eigenvalue weighted by atomic mass is 9.82. The number of urea groups is 1.